The van der Waals surface area contributed by atoms with Gasteiger partial charge in [0.25, 0.3) is 0 Å². The molecule has 1 rings (SSSR count). The molecule has 23 heavy (non-hydrogen) atoms. The highest BCUT2D eigenvalue weighted by Gasteiger charge is 1.96. The molecule has 0 bridgehead atoms. The summed E-state index contributed by atoms with van der Waals surface area (Å²) in [7, 11) is 0. The first-order valence-electron chi connectivity index (χ1n) is 8.20. The lowest BCUT2D eigenvalue weighted by Crippen LogP contribution is -2.15. The monoisotopic (exact) mass is 332 g/mol. The summed E-state index contributed by atoms with van der Waals surface area (Å²) in [5.41, 5.74) is 6.20. The molecule has 0 aliphatic carbocycles. The quantitative estimate of drug-likeness (QED) is 0.500. The Kier molecular flexibility index (Phi) is 16.5. The van der Waals surface area contributed by atoms with E-state index in [0.717, 1.165) is 5.69 Å². The van der Waals surface area contributed by atoms with Crippen LogP contribution in [-0.2, 0) is 25.5 Å². The molecule has 0 aliphatic heterocycles. The van der Waals surface area contributed by atoms with Crippen LogP contribution in [-0.4, -0.2) is 74.4 Å². The zero-order chi connectivity index (χ0) is 17.2. The van der Waals surface area contributed by atoms with E-state index in [4.69, 9.17) is 24.7 Å². The Balaban J connectivity index is 0.00000232. The largest absolute Gasteiger partial charge is 0.378 e. The van der Waals surface area contributed by atoms with E-state index in [2.05, 4.69) is 10.3 Å². The summed E-state index contributed by atoms with van der Waals surface area (Å²) in [6, 6.07) is 0. The number of aromatic nitrogens is 3. The van der Waals surface area contributed by atoms with Gasteiger partial charge in [-0.25, -0.2) is 4.68 Å². The number of nitrogens with zero attached hydrogens (tertiary/aromatic N) is 3. The minimum Gasteiger partial charge on any atom is -0.378 e. The van der Waals surface area contributed by atoms with Crippen molar-refractivity contribution in [3.8, 4) is 0 Å². The molecule has 1 aromatic heterocycles. The summed E-state index contributed by atoms with van der Waals surface area (Å²) in [6.07, 6.45) is 1.88. The molecule has 2 N–H and O–H groups in total. The summed E-state index contributed by atoms with van der Waals surface area (Å²) in [5.74, 6) is 0. The first kappa shape index (κ1) is 21.9. The second-order valence-electron chi connectivity index (χ2n) is 4.36. The minimum absolute atomic E-state index is 0.541. The fourth-order valence-corrected chi connectivity index (χ4v) is 1.51. The predicted molar refractivity (Wildman–Crippen MR) is 88.4 cm³/mol. The van der Waals surface area contributed by atoms with Gasteiger partial charge in [-0.3, -0.25) is 0 Å². The zero-order valence-electron chi connectivity index (χ0n) is 14.7. The molecule has 0 radical (unpaired) electrons. The average Bonchev–Trinajstić information content (AvgIpc) is 2.99. The summed E-state index contributed by atoms with van der Waals surface area (Å²) < 4.78 is 23.1. The van der Waals surface area contributed by atoms with Gasteiger partial charge in [0, 0.05) is 12.7 Å². The molecular formula is C15H32N4O4. The lowest BCUT2D eigenvalue weighted by molar-refractivity contribution is -0.00200. The molecule has 0 spiro atoms. The Morgan fingerprint density at radius 2 is 1.35 bits per heavy atom. The molecule has 0 saturated heterocycles. The Morgan fingerprint density at radius 3 is 1.78 bits per heavy atom. The van der Waals surface area contributed by atoms with Gasteiger partial charge >= 0.3 is 0 Å². The van der Waals surface area contributed by atoms with E-state index in [1.54, 1.807) is 4.68 Å². The van der Waals surface area contributed by atoms with Crippen LogP contribution in [0.1, 0.15) is 19.5 Å². The maximum Gasteiger partial charge on any atom is 0.0796 e. The van der Waals surface area contributed by atoms with E-state index >= 15 is 0 Å². The Hall–Kier alpha value is -1.06. The highest BCUT2D eigenvalue weighted by molar-refractivity contribution is 4.86. The first-order valence-corrected chi connectivity index (χ1v) is 8.20. The minimum atomic E-state index is 0.541. The molecule has 0 saturated carbocycles. The average molecular weight is 332 g/mol. The third-order valence-electron chi connectivity index (χ3n) is 2.50. The van der Waals surface area contributed by atoms with Crippen LogP contribution in [0.15, 0.2) is 6.20 Å². The molecule has 1 aromatic rings. The van der Waals surface area contributed by atoms with Crippen LogP contribution in [0.4, 0.5) is 0 Å². The molecule has 0 amide bonds. The maximum atomic E-state index is 5.43. The molecule has 1 heterocycles. The van der Waals surface area contributed by atoms with E-state index in [0.29, 0.717) is 65.9 Å². The third-order valence-corrected chi connectivity index (χ3v) is 2.50. The summed E-state index contributed by atoms with van der Waals surface area (Å²) in [4.78, 5) is 0. The molecule has 8 heteroatoms. The lowest BCUT2D eigenvalue weighted by Gasteiger charge is -2.07. The number of nitrogens with two attached hydrogens (primary N) is 1. The maximum absolute atomic E-state index is 5.43. The molecule has 0 aromatic carbocycles. The van der Waals surface area contributed by atoms with Crippen LogP contribution in [0.5, 0.6) is 0 Å². The van der Waals surface area contributed by atoms with Crippen LogP contribution < -0.4 is 5.73 Å². The third kappa shape index (κ3) is 14.3. The van der Waals surface area contributed by atoms with Gasteiger partial charge < -0.3 is 24.7 Å². The number of ether oxygens (including phenoxy) is 4. The summed E-state index contributed by atoms with van der Waals surface area (Å²) in [6.45, 7) is 11.7. The van der Waals surface area contributed by atoms with E-state index in [1.807, 2.05) is 27.0 Å². The highest BCUT2D eigenvalue weighted by atomic mass is 16.6. The first-order chi connectivity index (χ1) is 11.3. The smallest absolute Gasteiger partial charge is 0.0796 e. The molecule has 0 fully saturated rings. The fourth-order valence-electron chi connectivity index (χ4n) is 1.51. The molecule has 0 atom stereocenters. The van der Waals surface area contributed by atoms with Gasteiger partial charge in [0.15, 0.2) is 0 Å². The number of rotatable bonds is 14. The second-order valence-corrected chi connectivity index (χ2v) is 4.36. The second kappa shape index (κ2) is 17.3. The van der Waals surface area contributed by atoms with Gasteiger partial charge in [0.2, 0.25) is 0 Å². The van der Waals surface area contributed by atoms with Crippen molar-refractivity contribution >= 4 is 0 Å². The van der Waals surface area contributed by atoms with Crippen molar-refractivity contribution in [2.24, 2.45) is 5.73 Å². The topological polar surface area (TPSA) is 93.7 Å². The fraction of sp³-hybridized carbons (Fsp3) is 0.867. The van der Waals surface area contributed by atoms with Crippen LogP contribution in [0.3, 0.4) is 0 Å². The molecule has 0 unspecified atom stereocenters. The van der Waals surface area contributed by atoms with Crippen molar-refractivity contribution < 1.29 is 18.9 Å². The molecular weight excluding hydrogens is 300 g/mol. The normalized spacial score (nSPS) is 10.4. The van der Waals surface area contributed by atoms with Gasteiger partial charge in [-0.15, -0.1) is 5.10 Å². The Morgan fingerprint density at radius 1 is 0.870 bits per heavy atom. The summed E-state index contributed by atoms with van der Waals surface area (Å²) >= 11 is 0. The van der Waals surface area contributed by atoms with E-state index in [1.165, 1.54) is 0 Å². The Bertz CT molecular complexity index is 350. The van der Waals surface area contributed by atoms with Gasteiger partial charge in [-0.05, 0) is 6.92 Å². The molecule has 0 aliphatic rings. The number of hydrogen-bond acceptors (Lipinski definition) is 7. The van der Waals surface area contributed by atoms with Crippen LogP contribution in [0, 0.1) is 6.92 Å². The van der Waals surface area contributed by atoms with E-state index < -0.39 is 0 Å². The summed E-state index contributed by atoms with van der Waals surface area (Å²) in [5, 5.41) is 7.83. The van der Waals surface area contributed by atoms with Gasteiger partial charge in [-0.1, -0.05) is 19.1 Å². The van der Waals surface area contributed by atoms with Gasteiger partial charge in [0.05, 0.1) is 65.1 Å². The van der Waals surface area contributed by atoms with Crippen molar-refractivity contribution in [3.05, 3.63) is 11.9 Å². The lowest BCUT2D eigenvalue weighted by atomic mass is 10.5. The standard InChI is InChI=1S/C13H26N4O4.C2H6/c1-13-12-17(16-15-13)3-5-19-7-9-21-11-10-20-8-6-18-4-2-14;1-2/h12H,2-11,14H2,1H3;1-2H3. The van der Waals surface area contributed by atoms with Crippen LogP contribution in [0.2, 0.25) is 0 Å². The van der Waals surface area contributed by atoms with Crippen LogP contribution >= 0.6 is 0 Å². The van der Waals surface area contributed by atoms with E-state index in [9.17, 15) is 0 Å². The highest BCUT2D eigenvalue weighted by Crippen LogP contribution is 1.89. The molecule has 8 nitrogen and oxygen atoms in total. The van der Waals surface area contributed by atoms with Crippen molar-refractivity contribution in [2.45, 2.75) is 27.3 Å². The number of hydrogen-bond donors (Lipinski definition) is 1. The van der Waals surface area contributed by atoms with Crippen molar-refractivity contribution in [1.82, 2.24) is 15.0 Å². The SMILES string of the molecule is CC.Cc1cn(CCOCCOCCOCCOCCN)nn1. The Labute approximate surface area is 139 Å². The van der Waals surface area contributed by atoms with Crippen LogP contribution in [0.25, 0.3) is 0 Å². The van der Waals surface area contributed by atoms with E-state index in [-0.39, 0.29) is 0 Å². The predicted octanol–water partition coefficient (Wildman–Crippen LogP) is 0.638. The zero-order valence-corrected chi connectivity index (χ0v) is 14.7. The van der Waals surface area contributed by atoms with Crippen molar-refractivity contribution in [2.75, 3.05) is 59.4 Å². The number of aryl methyl sites for hydroxylation is 1. The van der Waals surface area contributed by atoms with Gasteiger partial charge in [0.1, 0.15) is 0 Å². The van der Waals surface area contributed by atoms with Crippen molar-refractivity contribution in [3.63, 3.8) is 0 Å². The van der Waals surface area contributed by atoms with Gasteiger partial charge in [-0.2, -0.15) is 0 Å². The molecule has 136 valence electrons. The van der Waals surface area contributed by atoms with Crippen molar-refractivity contribution in [1.29, 1.82) is 0 Å².